The van der Waals surface area contributed by atoms with Crippen molar-refractivity contribution in [3.8, 4) is 28.4 Å². The van der Waals surface area contributed by atoms with Crippen molar-refractivity contribution < 1.29 is 14.3 Å². The lowest BCUT2D eigenvalue weighted by Crippen LogP contribution is -2.10. The molecule has 0 bridgehead atoms. The zero-order valence-electron chi connectivity index (χ0n) is 20.9. The Labute approximate surface area is 236 Å². The summed E-state index contributed by atoms with van der Waals surface area (Å²) in [6, 6.07) is 31.2. The third-order valence-electron chi connectivity index (χ3n) is 5.74. The van der Waals surface area contributed by atoms with Crippen LogP contribution in [-0.2, 0) is 0 Å². The van der Waals surface area contributed by atoms with E-state index in [-0.39, 0.29) is 5.56 Å². The van der Waals surface area contributed by atoms with Crippen molar-refractivity contribution in [2.45, 2.75) is 6.92 Å². The summed E-state index contributed by atoms with van der Waals surface area (Å²) in [6.07, 6.45) is 1.71. The fourth-order valence-corrected chi connectivity index (χ4v) is 4.20. The Morgan fingerprint density at radius 2 is 1.64 bits per heavy atom. The van der Waals surface area contributed by atoms with Gasteiger partial charge in [0, 0.05) is 22.9 Å². The van der Waals surface area contributed by atoms with Gasteiger partial charge in [-0.2, -0.15) is 5.10 Å². The highest BCUT2D eigenvalue weighted by atomic mass is 35.5. The molecule has 0 aliphatic rings. The number of nitrogens with zero attached hydrogens (tertiary/aromatic N) is 3. The number of ether oxygens (including phenoxy) is 2. The molecule has 0 atom stereocenters. The summed E-state index contributed by atoms with van der Waals surface area (Å²) in [5.41, 5.74) is 3.60. The molecule has 0 unspecified atom stereocenters. The number of aromatic nitrogens is 2. The maximum absolute atomic E-state index is 12.7. The van der Waals surface area contributed by atoms with Crippen molar-refractivity contribution in [2.24, 2.45) is 4.99 Å². The summed E-state index contributed by atoms with van der Waals surface area (Å²) in [5.74, 6) is 0.779. The van der Waals surface area contributed by atoms with Gasteiger partial charge in [0.15, 0.2) is 17.3 Å². The van der Waals surface area contributed by atoms with Crippen molar-refractivity contribution in [1.29, 1.82) is 0 Å². The fourth-order valence-electron chi connectivity index (χ4n) is 3.86. The second-order valence-electron chi connectivity index (χ2n) is 8.41. The van der Waals surface area contributed by atoms with Crippen LogP contribution in [0.2, 0.25) is 10.0 Å². The van der Waals surface area contributed by atoms with Crippen LogP contribution in [0.3, 0.4) is 0 Å². The number of carbonyl (C=O) groups excluding carboxylic acids is 1. The first-order chi connectivity index (χ1) is 19.0. The summed E-state index contributed by atoms with van der Waals surface area (Å²) < 4.78 is 13.1. The van der Waals surface area contributed by atoms with Crippen LogP contribution >= 0.6 is 23.2 Å². The minimum atomic E-state index is -0.565. The zero-order valence-corrected chi connectivity index (χ0v) is 22.4. The highest BCUT2D eigenvalue weighted by Crippen LogP contribution is 2.31. The molecule has 0 spiro atoms. The molecular weight excluding hydrogens is 533 g/mol. The molecule has 194 valence electrons. The maximum Gasteiger partial charge on any atom is 0.345 e. The van der Waals surface area contributed by atoms with E-state index >= 15 is 0 Å². The number of hydrogen-bond acceptors (Lipinski definition) is 5. The van der Waals surface area contributed by atoms with Gasteiger partial charge >= 0.3 is 5.97 Å². The van der Waals surface area contributed by atoms with Gasteiger partial charge in [0.05, 0.1) is 28.6 Å². The molecule has 0 radical (unpaired) electrons. The zero-order chi connectivity index (χ0) is 27.2. The van der Waals surface area contributed by atoms with Crippen LogP contribution in [0.15, 0.2) is 108 Å². The van der Waals surface area contributed by atoms with Crippen LogP contribution in [0, 0.1) is 0 Å². The lowest BCUT2D eigenvalue weighted by Gasteiger charge is -2.12. The first kappa shape index (κ1) is 26.2. The van der Waals surface area contributed by atoms with E-state index in [2.05, 4.69) is 0 Å². The first-order valence-corrected chi connectivity index (χ1v) is 13.0. The van der Waals surface area contributed by atoms with Crippen LogP contribution in [0.1, 0.15) is 22.8 Å². The Morgan fingerprint density at radius 1 is 0.897 bits per heavy atom. The van der Waals surface area contributed by atoms with Gasteiger partial charge < -0.3 is 9.47 Å². The molecule has 6 nitrogen and oxygen atoms in total. The number of hydrogen-bond donors (Lipinski definition) is 0. The van der Waals surface area contributed by atoms with E-state index in [0.717, 1.165) is 22.5 Å². The normalized spacial score (nSPS) is 11.1. The van der Waals surface area contributed by atoms with E-state index in [1.54, 1.807) is 53.4 Å². The molecule has 0 amide bonds. The molecule has 0 aliphatic carbocycles. The van der Waals surface area contributed by atoms with Crippen molar-refractivity contribution in [1.82, 2.24) is 9.78 Å². The number of rotatable bonds is 8. The molecule has 0 saturated carbocycles. The van der Waals surface area contributed by atoms with Gasteiger partial charge in [-0.25, -0.2) is 14.5 Å². The van der Waals surface area contributed by atoms with E-state index in [1.165, 1.54) is 0 Å². The quantitative estimate of drug-likeness (QED) is 0.110. The SMILES string of the molecule is CCOc1cc(C=Nc2cc(-c3ccc(Cl)cc3)nn2-c2ccccc2)ccc1OC(=O)c1ccccc1Cl. The number of halogens is 2. The second-order valence-corrected chi connectivity index (χ2v) is 9.25. The number of esters is 1. The Kier molecular flexibility index (Phi) is 8.06. The Bertz CT molecular complexity index is 1630. The molecule has 5 aromatic rings. The van der Waals surface area contributed by atoms with Gasteiger partial charge in [0.25, 0.3) is 0 Å². The van der Waals surface area contributed by atoms with Crippen LogP contribution in [0.25, 0.3) is 16.9 Å². The van der Waals surface area contributed by atoms with Gasteiger partial charge in [-0.3, -0.25) is 0 Å². The Balaban J connectivity index is 1.45. The molecular formula is C31H23Cl2N3O3. The highest BCUT2D eigenvalue weighted by Gasteiger charge is 2.16. The largest absolute Gasteiger partial charge is 0.490 e. The number of benzene rings is 4. The van der Waals surface area contributed by atoms with E-state index < -0.39 is 5.97 Å². The van der Waals surface area contributed by atoms with Gasteiger partial charge in [-0.1, -0.05) is 65.7 Å². The Hall–Kier alpha value is -4.39. The third kappa shape index (κ3) is 6.20. The van der Waals surface area contributed by atoms with Crippen LogP contribution in [0.5, 0.6) is 11.5 Å². The van der Waals surface area contributed by atoms with Gasteiger partial charge in [0.1, 0.15) is 0 Å². The second kappa shape index (κ2) is 12.0. The molecule has 4 aromatic carbocycles. The fraction of sp³-hybridized carbons (Fsp3) is 0.0645. The van der Waals surface area contributed by atoms with Gasteiger partial charge in [-0.15, -0.1) is 0 Å². The number of carbonyl (C=O) groups is 1. The summed E-state index contributed by atoms with van der Waals surface area (Å²) in [7, 11) is 0. The van der Waals surface area contributed by atoms with E-state index in [9.17, 15) is 4.79 Å². The number of aliphatic imine (C=N–C) groups is 1. The molecule has 0 saturated heterocycles. The maximum atomic E-state index is 12.7. The molecule has 39 heavy (non-hydrogen) atoms. The topological polar surface area (TPSA) is 65.7 Å². The van der Waals surface area contributed by atoms with Crippen LogP contribution in [0.4, 0.5) is 5.82 Å². The number of para-hydroxylation sites is 1. The summed E-state index contributed by atoms with van der Waals surface area (Å²) in [6.45, 7) is 2.25. The van der Waals surface area contributed by atoms with Crippen molar-refractivity contribution >= 4 is 41.2 Å². The predicted octanol–water partition coefficient (Wildman–Crippen LogP) is 8.21. The van der Waals surface area contributed by atoms with Crippen LogP contribution < -0.4 is 9.47 Å². The standard InChI is InChI=1S/C31H23Cl2N3O3/c1-2-38-29-18-21(12-17-28(29)39-31(37)25-10-6-7-11-26(25)33)20-34-30-19-27(22-13-15-23(32)16-14-22)35-36(30)24-8-4-3-5-9-24/h3-20H,2H2,1H3. The molecule has 1 aromatic heterocycles. The van der Waals surface area contributed by atoms with Crippen molar-refractivity contribution in [2.75, 3.05) is 6.61 Å². The van der Waals surface area contributed by atoms with E-state index in [1.807, 2.05) is 67.6 Å². The monoisotopic (exact) mass is 555 g/mol. The van der Waals surface area contributed by atoms with Crippen LogP contribution in [-0.4, -0.2) is 28.6 Å². The van der Waals surface area contributed by atoms with Gasteiger partial charge in [-0.05, 0) is 67.1 Å². The van der Waals surface area contributed by atoms with E-state index in [4.69, 9.17) is 42.8 Å². The van der Waals surface area contributed by atoms with Crippen molar-refractivity contribution in [3.63, 3.8) is 0 Å². The lowest BCUT2D eigenvalue weighted by molar-refractivity contribution is 0.0728. The molecule has 1 heterocycles. The summed E-state index contributed by atoms with van der Waals surface area (Å²) in [5, 5.41) is 5.76. The lowest BCUT2D eigenvalue weighted by atomic mass is 10.1. The third-order valence-corrected chi connectivity index (χ3v) is 6.32. The molecule has 0 N–H and O–H groups in total. The molecule has 0 aliphatic heterocycles. The summed E-state index contributed by atoms with van der Waals surface area (Å²) >= 11 is 12.2. The molecule has 0 fully saturated rings. The first-order valence-electron chi connectivity index (χ1n) is 12.2. The minimum Gasteiger partial charge on any atom is -0.490 e. The molecule has 8 heteroatoms. The minimum absolute atomic E-state index is 0.276. The summed E-state index contributed by atoms with van der Waals surface area (Å²) in [4.78, 5) is 17.4. The molecule has 5 rings (SSSR count). The predicted molar refractivity (Wildman–Crippen MR) is 155 cm³/mol. The Morgan fingerprint density at radius 3 is 2.38 bits per heavy atom. The average Bonchev–Trinajstić information content (AvgIpc) is 3.38. The smallest absolute Gasteiger partial charge is 0.345 e. The van der Waals surface area contributed by atoms with E-state index in [0.29, 0.717) is 34.0 Å². The van der Waals surface area contributed by atoms with Gasteiger partial charge in [0.2, 0.25) is 0 Å². The highest BCUT2D eigenvalue weighted by molar-refractivity contribution is 6.33. The van der Waals surface area contributed by atoms with Crippen molar-refractivity contribution in [3.05, 3.63) is 124 Å². The average molecular weight is 556 g/mol.